The molecule has 2 atom stereocenters. The van der Waals surface area contributed by atoms with E-state index in [1.54, 1.807) is 7.11 Å². The molecule has 1 aliphatic carbocycles. The van der Waals surface area contributed by atoms with Crippen molar-refractivity contribution in [3.8, 4) is 0 Å². The molecule has 0 amide bonds. The van der Waals surface area contributed by atoms with E-state index in [9.17, 15) is 0 Å². The lowest BCUT2D eigenvalue weighted by atomic mass is 10.0. The van der Waals surface area contributed by atoms with Gasteiger partial charge in [0.1, 0.15) is 0 Å². The number of methoxy groups -OCH3 is 1. The molecule has 0 aliphatic heterocycles. The first-order valence-corrected chi connectivity index (χ1v) is 5.81. The van der Waals surface area contributed by atoms with Gasteiger partial charge in [-0.1, -0.05) is 6.42 Å². The highest BCUT2D eigenvalue weighted by atomic mass is 16.5. The number of nitrogens with one attached hydrogen (secondary N) is 1. The van der Waals surface area contributed by atoms with Gasteiger partial charge in [0.25, 0.3) is 0 Å². The first-order chi connectivity index (χ1) is 6.88. The summed E-state index contributed by atoms with van der Waals surface area (Å²) in [4.78, 5) is 0. The molecule has 2 unspecified atom stereocenters. The molecule has 0 aromatic rings. The van der Waals surface area contributed by atoms with E-state index in [-0.39, 0.29) is 0 Å². The van der Waals surface area contributed by atoms with Gasteiger partial charge in [-0.15, -0.1) is 0 Å². The largest absolute Gasteiger partial charge is 0.385 e. The van der Waals surface area contributed by atoms with Gasteiger partial charge in [-0.05, 0) is 44.7 Å². The molecule has 0 aromatic heterocycles. The summed E-state index contributed by atoms with van der Waals surface area (Å²) in [5.41, 5.74) is 5.72. The van der Waals surface area contributed by atoms with Crippen LogP contribution in [0.15, 0.2) is 0 Å². The molecule has 3 N–H and O–H groups in total. The average molecular weight is 200 g/mol. The Kier molecular flexibility index (Phi) is 6.15. The Balaban J connectivity index is 2.00. The topological polar surface area (TPSA) is 47.3 Å². The second-order valence-electron chi connectivity index (χ2n) is 4.19. The summed E-state index contributed by atoms with van der Waals surface area (Å²) in [6.07, 6.45) is 6.33. The highest BCUT2D eigenvalue weighted by Crippen LogP contribution is 2.24. The molecule has 1 saturated carbocycles. The lowest BCUT2D eigenvalue weighted by Gasteiger charge is -2.19. The lowest BCUT2D eigenvalue weighted by Crippen LogP contribution is -2.36. The zero-order valence-corrected chi connectivity index (χ0v) is 9.30. The third-order valence-corrected chi connectivity index (χ3v) is 3.14. The van der Waals surface area contributed by atoms with Crippen molar-refractivity contribution in [1.82, 2.24) is 5.32 Å². The van der Waals surface area contributed by atoms with Crippen molar-refractivity contribution in [2.45, 2.75) is 38.1 Å². The van der Waals surface area contributed by atoms with Gasteiger partial charge in [0, 0.05) is 19.8 Å². The molecule has 1 rings (SSSR count). The van der Waals surface area contributed by atoms with Gasteiger partial charge in [-0.25, -0.2) is 0 Å². The minimum Gasteiger partial charge on any atom is -0.385 e. The maximum Gasteiger partial charge on any atom is 0.0462 e. The van der Waals surface area contributed by atoms with Crippen LogP contribution in [0.25, 0.3) is 0 Å². The lowest BCUT2D eigenvalue weighted by molar-refractivity contribution is 0.192. The third-order valence-electron chi connectivity index (χ3n) is 3.14. The van der Waals surface area contributed by atoms with Crippen LogP contribution in [0.5, 0.6) is 0 Å². The van der Waals surface area contributed by atoms with Crippen molar-refractivity contribution < 1.29 is 4.74 Å². The Labute approximate surface area is 87.4 Å². The third kappa shape index (κ3) is 3.95. The Bertz CT molecular complexity index is 141. The summed E-state index contributed by atoms with van der Waals surface area (Å²) in [6.45, 7) is 2.84. The van der Waals surface area contributed by atoms with Crippen LogP contribution >= 0.6 is 0 Å². The molecule has 1 fully saturated rings. The highest BCUT2D eigenvalue weighted by molar-refractivity contribution is 4.83. The van der Waals surface area contributed by atoms with Crippen LogP contribution < -0.4 is 11.1 Å². The Morgan fingerprint density at radius 2 is 2.21 bits per heavy atom. The van der Waals surface area contributed by atoms with Crippen LogP contribution in [0.4, 0.5) is 0 Å². The van der Waals surface area contributed by atoms with Gasteiger partial charge < -0.3 is 15.8 Å². The zero-order valence-electron chi connectivity index (χ0n) is 9.30. The standard InChI is InChI=1S/C11H24N2O/c1-14-8-3-2-7-13-11-6-4-5-10(11)9-12/h10-11,13H,2-9,12H2,1H3. The van der Waals surface area contributed by atoms with Crippen LogP contribution in [-0.2, 0) is 4.74 Å². The summed E-state index contributed by atoms with van der Waals surface area (Å²) in [5.74, 6) is 0.720. The highest BCUT2D eigenvalue weighted by Gasteiger charge is 2.24. The summed E-state index contributed by atoms with van der Waals surface area (Å²) in [6, 6.07) is 0.683. The average Bonchev–Trinajstić information content (AvgIpc) is 2.65. The van der Waals surface area contributed by atoms with Crippen molar-refractivity contribution in [3.63, 3.8) is 0 Å². The molecule has 14 heavy (non-hydrogen) atoms. The first-order valence-electron chi connectivity index (χ1n) is 5.81. The number of rotatable bonds is 7. The van der Waals surface area contributed by atoms with E-state index in [4.69, 9.17) is 10.5 Å². The molecule has 0 aromatic carbocycles. The zero-order chi connectivity index (χ0) is 10.2. The Morgan fingerprint density at radius 1 is 1.36 bits per heavy atom. The number of hydrogen-bond donors (Lipinski definition) is 2. The van der Waals surface area contributed by atoms with E-state index < -0.39 is 0 Å². The molecule has 1 aliphatic rings. The second-order valence-corrected chi connectivity index (χ2v) is 4.19. The predicted molar refractivity (Wildman–Crippen MR) is 59.3 cm³/mol. The van der Waals surface area contributed by atoms with Crippen molar-refractivity contribution in [2.24, 2.45) is 11.7 Å². The summed E-state index contributed by atoms with van der Waals surface area (Å²) in [7, 11) is 1.76. The molecule has 0 heterocycles. The number of unbranched alkanes of at least 4 members (excludes halogenated alkanes) is 1. The first kappa shape index (κ1) is 12.0. The fourth-order valence-electron chi connectivity index (χ4n) is 2.25. The van der Waals surface area contributed by atoms with Gasteiger partial charge in [-0.2, -0.15) is 0 Å². The molecular formula is C11H24N2O. The summed E-state index contributed by atoms with van der Waals surface area (Å²) < 4.78 is 5.01. The minimum absolute atomic E-state index is 0.683. The van der Waals surface area contributed by atoms with E-state index in [1.165, 1.54) is 25.7 Å². The molecule has 84 valence electrons. The van der Waals surface area contributed by atoms with Crippen molar-refractivity contribution in [2.75, 3.05) is 26.8 Å². The molecule has 0 bridgehead atoms. The van der Waals surface area contributed by atoms with Gasteiger partial charge >= 0.3 is 0 Å². The van der Waals surface area contributed by atoms with E-state index in [2.05, 4.69) is 5.32 Å². The Hall–Kier alpha value is -0.120. The van der Waals surface area contributed by atoms with Crippen LogP contribution in [-0.4, -0.2) is 32.8 Å². The second kappa shape index (κ2) is 7.21. The Morgan fingerprint density at radius 3 is 2.93 bits per heavy atom. The van der Waals surface area contributed by atoms with Crippen molar-refractivity contribution >= 4 is 0 Å². The fraction of sp³-hybridized carbons (Fsp3) is 1.00. The molecule has 0 spiro atoms. The quantitative estimate of drug-likeness (QED) is 0.606. The SMILES string of the molecule is COCCCCNC1CCCC1CN. The van der Waals surface area contributed by atoms with Crippen molar-refractivity contribution in [1.29, 1.82) is 0 Å². The van der Waals surface area contributed by atoms with Crippen LogP contribution in [0.3, 0.4) is 0 Å². The summed E-state index contributed by atoms with van der Waals surface area (Å²) >= 11 is 0. The predicted octanol–water partition coefficient (Wildman–Crippen LogP) is 1.13. The van der Waals surface area contributed by atoms with Crippen LogP contribution in [0.2, 0.25) is 0 Å². The normalized spacial score (nSPS) is 27.0. The van der Waals surface area contributed by atoms with Gasteiger partial charge in [0.2, 0.25) is 0 Å². The maximum atomic E-state index is 5.72. The van der Waals surface area contributed by atoms with Crippen LogP contribution in [0.1, 0.15) is 32.1 Å². The van der Waals surface area contributed by atoms with E-state index in [0.29, 0.717) is 6.04 Å². The number of hydrogen-bond acceptors (Lipinski definition) is 3. The van der Waals surface area contributed by atoms with Crippen molar-refractivity contribution in [3.05, 3.63) is 0 Å². The van der Waals surface area contributed by atoms with Gasteiger partial charge in [0.15, 0.2) is 0 Å². The molecule has 3 heteroatoms. The van der Waals surface area contributed by atoms with E-state index >= 15 is 0 Å². The van der Waals surface area contributed by atoms with E-state index in [1.807, 2.05) is 0 Å². The van der Waals surface area contributed by atoms with Gasteiger partial charge in [-0.3, -0.25) is 0 Å². The molecular weight excluding hydrogens is 176 g/mol. The minimum atomic E-state index is 0.683. The smallest absolute Gasteiger partial charge is 0.0462 e. The summed E-state index contributed by atoms with van der Waals surface area (Å²) in [5, 5.41) is 3.61. The van der Waals surface area contributed by atoms with E-state index in [0.717, 1.165) is 32.0 Å². The van der Waals surface area contributed by atoms with Gasteiger partial charge in [0.05, 0.1) is 0 Å². The molecule has 0 radical (unpaired) electrons. The monoisotopic (exact) mass is 200 g/mol. The molecule has 3 nitrogen and oxygen atoms in total. The maximum absolute atomic E-state index is 5.72. The molecule has 0 saturated heterocycles. The number of ether oxygens (including phenoxy) is 1. The fourth-order valence-corrected chi connectivity index (χ4v) is 2.25. The van der Waals surface area contributed by atoms with Crippen LogP contribution in [0, 0.1) is 5.92 Å². The number of nitrogens with two attached hydrogens (primary N) is 1.